The molecule has 9 heteroatoms. The normalized spacial score (nSPS) is 17.0. The van der Waals surface area contributed by atoms with Gasteiger partial charge in [-0.2, -0.15) is 0 Å². The van der Waals surface area contributed by atoms with Crippen LogP contribution in [0.2, 0.25) is 0 Å². The Labute approximate surface area is 168 Å². The fraction of sp³-hybridized carbons (Fsp3) is 0.400. The highest BCUT2D eigenvalue weighted by molar-refractivity contribution is 6.01. The minimum absolute atomic E-state index is 0.224. The molecule has 2 aromatic rings. The second kappa shape index (κ2) is 8.44. The number of nitrogens with one attached hydrogen (secondary N) is 1. The fourth-order valence-electron chi connectivity index (χ4n) is 3.41. The number of hydrogen-bond donors (Lipinski definition) is 1. The molecule has 0 amide bonds. The lowest BCUT2D eigenvalue weighted by Gasteiger charge is -2.30. The number of allylic oxidation sites excluding steroid dienone is 2. The number of esters is 2. The summed E-state index contributed by atoms with van der Waals surface area (Å²) in [5, 5.41) is 11.0. The molecule has 0 bridgehead atoms. The van der Waals surface area contributed by atoms with E-state index < -0.39 is 17.9 Å². The molecule has 0 saturated carbocycles. The summed E-state index contributed by atoms with van der Waals surface area (Å²) in [6.07, 6.45) is 0. The highest BCUT2D eigenvalue weighted by Gasteiger charge is 2.39. The molecule has 2 heterocycles. The average Bonchev–Trinajstić information content (AvgIpc) is 3.15. The number of aromatic nitrogens is 2. The minimum atomic E-state index is -0.730. The molecule has 1 aromatic carbocycles. The number of hydrogen-bond acceptors (Lipinski definition) is 9. The smallest absolute Gasteiger partial charge is 0.336 e. The van der Waals surface area contributed by atoms with Gasteiger partial charge in [0.05, 0.1) is 24.2 Å². The van der Waals surface area contributed by atoms with Crippen molar-refractivity contribution in [1.29, 1.82) is 0 Å². The summed E-state index contributed by atoms with van der Waals surface area (Å²) >= 11 is 0. The van der Waals surface area contributed by atoms with Gasteiger partial charge in [-0.3, -0.25) is 0 Å². The molecular formula is C20H24N4O5. The first-order valence-corrected chi connectivity index (χ1v) is 9.15. The van der Waals surface area contributed by atoms with Gasteiger partial charge in [0, 0.05) is 17.9 Å². The SMILES string of the molecule is COC(=O)C1=C(C)NC(C)=C(C(=O)OCCN(C)C)[C@H]1c1cccc2nonc12. The van der Waals surface area contributed by atoms with Crippen molar-refractivity contribution >= 4 is 23.0 Å². The van der Waals surface area contributed by atoms with Gasteiger partial charge < -0.3 is 19.7 Å². The van der Waals surface area contributed by atoms with Crippen LogP contribution in [0.15, 0.2) is 45.4 Å². The number of methoxy groups -OCH3 is 1. The molecule has 1 aliphatic rings. The van der Waals surface area contributed by atoms with Crippen molar-refractivity contribution in [3.63, 3.8) is 0 Å². The molecule has 0 spiro atoms. The fourth-order valence-corrected chi connectivity index (χ4v) is 3.41. The molecule has 1 aromatic heterocycles. The van der Waals surface area contributed by atoms with E-state index in [1.54, 1.807) is 32.0 Å². The molecule has 9 nitrogen and oxygen atoms in total. The van der Waals surface area contributed by atoms with Gasteiger partial charge in [-0.1, -0.05) is 12.1 Å². The zero-order valence-electron chi connectivity index (χ0n) is 17.1. The van der Waals surface area contributed by atoms with Crippen LogP contribution in [0.25, 0.3) is 11.0 Å². The topological polar surface area (TPSA) is 107 Å². The molecule has 0 fully saturated rings. The molecule has 3 rings (SSSR count). The van der Waals surface area contributed by atoms with Crippen LogP contribution >= 0.6 is 0 Å². The van der Waals surface area contributed by atoms with Crippen LogP contribution in [0, 0.1) is 0 Å². The van der Waals surface area contributed by atoms with E-state index in [4.69, 9.17) is 14.1 Å². The van der Waals surface area contributed by atoms with Crippen LogP contribution in [0.3, 0.4) is 0 Å². The van der Waals surface area contributed by atoms with Crippen molar-refractivity contribution in [2.75, 3.05) is 34.4 Å². The van der Waals surface area contributed by atoms with Crippen molar-refractivity contribution in [2.24, 2.45) is 0 Å². The van der Waals surface area contributed by atoms with Crippen molar-refractivity contribution < 1.29 is 23.7 Å². The number of benzene rings is 1. The van der Waals surface area contributed by atoms with E-state index in [2.05, 4.69) is 15.6 Å². The maximum absolute atomic E-state index is 13.0. The van der Waals surface area contributed by atoms with Gasteiger partial charge >= 0.3 is 11.9 Å². The Hall–Kier alpha value is -3.20. The predicted molar refractivity (Wildman–Crippen MR) is 105 cm³/mol. The molecule has 154 valence electrons. The molecule has 0 unspecified atom stereocenters. The van der Waals surface area contributed by atoms with Crippen molar-refractivity contribution in [1.82, 2.24) is 20.5 Å². The highest BCUT2D eigenvalue weighted by Crippen LogP contribution is 2.41. The average molecular weight is 400 g/mol. The Bertz CT molecular complexity index is 1010. The zero-order chi connectivity index (χ0) is 21.1. The maximum atomic E-state index is 13.0. The number of carbonyl (C=O) groups excluding carboxylic acids is 2. The number of dihydropyridines is 1. The van der Waals surface area contributed by atoms with Gasteiger partial charge in [0.1, 0.15) is 17.6 Å². The maximum Gasteiger partial charge on any atom is 0.336 e. The Kier molecular flexibility index (Phi) is 5.97. The standard InChI is InChI=1S/C20H24N4O5/c1-11-15(19(25)27-5)17(13-7-6-8-14-18(13)23-29-22-14)16(12(2)21-11)20(26)28-10-9-24(3)4/h6-8,17,21H,9-10H2,1-5H3/t17-/m0/s1. The number of fused-ring (bicyclic) bond motifs is 1. The second-order valence-corrected chi connectivity index (χ2v) is 7.05. The van der Waals surface area contributed by atoms with Crippen LogP contribution in [0.1, 0.15) is 25.3 Å². The van der Waals surface area contributed by atoms with Crippen molar-refractivity contribution in [3.05, 3.63) is 46.3 Å². The summed E-state index contributed by atoms with van der Waals surface area (Å²) in [5.41, 5.74) is 3.45. The summed E-state index contributed by atoms with van der Waals surface area (Å²) in [4.78, 5) is 27.6. The van der Waals surface area contributed by atoms with Crippen LogP contribution in [-0.4, -0.2) is 61.5 Å². The predicted octanol–water partition coefficient (Wildman–Crippen LogP) is 1.74. The Balaban J connectivity index is 2.12. The number of ether oxygens (including phenoxy) is 2. The largest absolute Gasteiger partial charge is 0.466 e. The first-order chi connectivity index (χ1) is 13.8. The lowest BCUT2D eigenvalue weighted by Crippen LogP contribution is -2.33. The lowest BCUT2D eigenvalue weighted by molar-refractivity contribution is -0.139. The van der Waals surface area contributed by atoms with Gasteiger partial charge in [-0.25, -0.2) is 14.2 Å². The molecule has 0 aliphatic carbocycles. The number of carbonyl (C=O) groups is 2. The van der Waals surface area contributed by atoms with Gasteiger partial charge in [-0.15, -0.1) is 0 Å². The van der Waals surface area contributed by atoms with E-state index in [0.29, 0.717) is 45.7 Å². The van der Waals surface area contributed by atoms with Crippen LogP contribution < -0.4 is 5.32 Å². The molecule has 1 N–H and O–H groups in total. The van der Waals surface area contributed by atoms with Crippen LogP contribution in [-0.2, 0) is 19.1 Å². The number of rotatable bonds is 6. The van der Waals surface area contributed by atoms with E-state index in [9.17, 15) is 9.59 Å². The first-order valence-electron chi connectivity index (χ1n) is 9.15. The molecule has 0 radical (unpaired) electrons. The van der Waals surface area contributed by atoms with E-state index >= 15 is 0 Å². The highest BCUT2D eigenvalue weighted by atomic mass is 16.6. The van der Waals surface area contributed by atoms with E-state index in [1.807, 2.05) is 19.0 Å². The van der Waals surface area contributed by atoms with Crippen LogP contribution in [0.5, 0.6) is 0 Å². The van der Waals surface area contributed by atoms with Gasteiger partial charge in [-0.05, 0) is 49.9 Å². The molecule has 29 heavy (non-hydrogen) atoms. The van der Waals surface area contributed by atoms with Crippen molar-refractivity contribution in [2.45, 2.75) is 19.8 Å². The monoisotopic (exact) mass is 400 g/mol. The summed E-state index contributed by atoms with van der Waals surface area (Å²) in [5.74, 6) is -1.78. The third-order valence-corrected chi connectivity index (χ3v) is 4.79. The molecule has 1 aliphatic heterocycles. The lowest BCUT2D eigenvalue weighted by atomic mass is 9.80. The first kappa shape index (κ1) is 20.5. The van der Waals surface area contributed by atoms with Gasteiger partial charge in [0.2, 0.25) is 0 Å². The third kappa shape index (κ3) is 4.00. The Morgan fingerprint density at radius 1 is 1.14 bits per heavy atom. The summed E-state index contributed by atoms with van der Waals surface area (Å²) in [6.45, 7) is 4.34. The third-order valence-electron chi connectivity index (χ3n) is 4.79. The van der Waals surface area contributed by atoms with Crippen molar-refractivity contribution in [3.8, 4) is 0 Å². The van der Waals surface area contributed by atoms with E-state index in [0.717, 1.165) is 0 Å². The zero-order valence-corrected chi connectivity index (χ0v) is 17.1. The summed E-state index contributed by atoms with van der Waals surface area (Å²) in [6, 6.07) is 5.31. The minimum Gasteiger partial charge on any atom is -0.466 e. The Morgan fingerprint density at radius 3 is 2.48 bits per heavy atom. The summed E-state index contributed by atoms with van der Waals surface area (Å²) in [7, 11) is 5.09. The number of nitrogens with zero attached hydrogens (tertiary/aromatic N) is 3. The van der Waals surface area contributed by atoms with Gasteiger partial charge in [0.15, 0.2) is 0 Å². The number of likely N-dealkylation sites (N-methyl/N-ethyl adjacent to an activating group) is 1. The van der Waals surface area contributed by atoms with Crippen LogP contribution in [0.4, 0.5) is 0 Å². The van der Waals surface area contributed by atoms with E-state index in [-0.39, 0.29) is 6.61 Å². The molecular weight excluding hydrogens is 376 g/mol. The Morgan fingerprint density at radius 2 is 1.83 bits per heavy atom. The quantitative estimate of drug-likeness (QED) is 0.726. The summed E-state index contributed by atoms with van der Waals surface area (Å²) < 4.78 is 15.4. The second-order valence-electron chi connectivity index (χ2n) is 7.05. The molecule has 1 atom stereocenters. The van der Waals surface area contributed by atoms with Gasteiger partial charge in [0.25, 0.3) is 0 Å². The molecule has 0 saturated heterocycles. The van der Waals surface area contributed by atoms with E-state index in [1.165, 1.54) is 7.11 Å².